The van der Waals surface area contributed by atoms with Gasteiger partial charge in [-0.3, -0.25) is 4.79 Å². The van der Waals surface area contributed by atoms with Gasteiger partial charge in [0.25, 0.3) is 11.6 Å². The van der Waals surface area contributed by atoms with Crippen LogP contribution in [0.25, 0.3) is 0 Å². The minimum atomic E-state index is -5.01. The average Bonchev–Trinajstić information content (AvgIpc) is 2.99. The van der Waals surface area contributed by atoms with Crippen LogP contribution in [-0.2, 0) is 4.79 Å². The monoisotopic (exact) mass is 398 g/mol. The van der Waals surface area contributed by atoms with Gasteiger partial charge in [-0.2, -0.15) is 23.3 Å². The van der Waals surface area contributed by atoms with Crippen molar-refractivity contribution in [1.82, 2.24) is 5.01 Å². The smallest absolute Gasteiger partial charge is 0.438 e. The fourth-order valence-corrected chi connectivity index (χ4v) is 3.94. The number of hydrazone groups is 1. The second-order valence-electron chi connectivity index (χ2n) is 7.74. The van der Waals surface area contributed by atoms with Crippen molar-refractivity contribution < 1.29 is 27.8 Å². The summed E-state index contributed by atoms with van der Waals surface area (Å²) in [5.74, 6) is -0.761. The third-order valence-corrected chi connectivity index (χ3v) is 5.33. The summed E-state index contributed by atoms with van der Waals surface area (Å²) in [4.78, 5) is 12.5. The van der Waals surface area contributed by atoms with Gasteiger partial charge in [-0.15, -0.1) is 0 Å². The summed E-state index contributed by atoms with van der Waals surface area (Å²) in [7, 11) is 0. The van der Waals surface area contributed by atoms with Gasteiger partial charge in [0.1, 0.15) is 5.75 Å². The molecule has 1 amide bonds. The minimum Gasteiger partial charge on any atom is -0.484 e. The number of rotatable bonds is 4. The molecular formula is C20H25F3N2O3. The fraction of sp³-hybridized carbons (Fsp3) is 0.600. The zero-order valence-corrected chi connectivity index (χ0v) is 16.1. The van der Waals surface area contributed by atoms with E-state index in [0.29, 0.717) is 5.75 Å². The number of hydrogen-bond donors (Lipinski definition) is 1. The fourth-order valence-electron chi connectivity index (χ4n) is 3.94. The number of amides is 1. The number of carbonyl (C=O) groups excluding carboxylic acids is 1. The van der Waals surface area contributed by atoms with Crippen LogP contribution in [0.3, 0.4) is 0 Å². The van der Waals surface area contributed by atoms with Crippen LogP contribution in [0.15, 0.2) is 23.3 Å². The molecule has 0 bridgehead atoms. The Morgan fingerprint density at radius 1 is 1.21 bits per heavy atom. The first-order chi connectivity index (χ1) is 13.1. The van der Waals surface area contributed by atoms with Gasteiger partial charge in [0.05, 0.1) is 0 Å². The molecule has 2 aliphatic rings. The van der Waals surface area contributed by atoms with E-state index in [4.69, 9.17) is 4.74 Å². The number of hydrogen-bond acceptors (Lipinski definition) is 4. The van der Waals surface area contributed by atoms with Crippen molar-refractivity contribution in [2.45, 2.75) is 64.3 Å². The topological polar surface area (TPSA) is 62.1 Å². The lowest BCUT2D eigenvalue weighted by Gasteiger charge is -2.32. The van der Waals surface area contributed by atoms with Crippen molar-refractivity contribution in [3.05, 3.63) is 29.3 Å². The Bertz CT molecular complexity index is 752. The van der Waals surface area contributed by atoms with Crippen LogP contribution in [0.1, 0.15) is 49.7 Å². The second kappa shape index (κ2) is 7.73. The molecule has 1 aliphatic heterocycles. The minimum absolute atomic E-state index is 0.124. The van der Waals surface area contributed by atoms with Crippen molar-refractivity contribution >= 4 is 11.6 Å². The van der Waals surface area contributed by atoms with E-state index in [2.05, 4.69) is 5.10 Å². The van der Waals surface area contributed by atoms with E-state index < -0.39 is 30.8 Å². The second-order valence-corrected chi connectivity index (χ2v) is 7.74. The molecule has 1 fully saturated rings. The van der Waals surface area contributed by atoms with E-state index in [1.54, 1.807) is 12.1 Å². The molecule has 1 aromatic rings. The lowest BCUT2D eigenvalue weighted by Crippen LogP contribution is -2.57. The van der Waals surface area contributed by atoms with Gasteiger partial charge in [-0.25, -0.2) is 0 Å². The van der Waals surface area contributed by atoms with E-state index in [1.807, 2.05) is 19.9 Å². The standard InChI is InChI=1S/C20H25F3N2O3/c1-13-8-14(2)10-16(9-13)28-12-18(26)25-19(27,20(21,22)23)11-17(24-25)15-6-4-3-5-7-15/h8-10,15,27H,3-7,11-12H2,1-2H3/t19-/m0/s1. The molecule has 28 heavy (non-hydrogen) atoms. The number of aliphatic hydroxyl groups is 1. The molecule has 8 heteroatoms. The number of halogens is 3. The highest BCUT2D eigenvalue weighted by atomic mass is 19.4. The molecule has 0 saturated heterocycles. The number of aryl methyl sites for hydroxylation is 2. The molecule has 1 N–H and O–H groups in total. The van der Waals surface area contributed by atoms with Gasteiger partial charge >= 0.3 is 6.18 Å². The van der Waals surface area contributed by atoms with Crippen LogP contribution in [0, 0.1) is 19.8 Å². The molecule has 154 valence electrons. The van der Waals surface area contributed by atoms with Crippen molar-refractivity contribution in [3.8, 4) is 5.75 Å². The Kier molecular flexibility index (Phi) is 5.70. The van der Waals surface area contributed by atoms with Crippen LogP contribution in [0.5, 0.6) is 5.75 Å². The van der Waals surface area contributed by atoms with Gasteiger partial charge in [0, 0.05) is 12.1 Å². The Labute approximate surface area is 162 Å². The van der Waals surface area contributed by atoms with Gasteiger partial charge in [0.15, 0.2) is 6.61 Å². The Balaban J connectivity index is 1.78. The van der Waals surface area contributed by atoms with E-state index >= 15 is 0 Å². The summed E-state index contributed by atoms with van der Waals surface area (Å²) < 4.78 is 46.2. The third-order valence-electron chi connectivity index (χ3n) is 5.33. The molecule has 1 atom stereocenters. The van der Waals surface area contributed by atoms with Crippen molar-refractivity contribution in [2.75, 3.05) is 6.61 Å². The lowest BCUT2D eigenvalue weighted by molar-refractivity contribution is -0.302. The number of alkyl halides is 3. The maximum atomic E-state index is 13.6. The van der Waals surface area contributed by atoms with E-state index in [9.17, 15) is 23.1 Å². The Hall–Kier alpha value is -2.09. The summed E-state index contributed by atoms with van der Waals surface area (Å²) in [5, 5.41) is 14.5. The first kappa shape index (κ1) is 20.6. The summed E-state index contributed by atoms with van der Waals surface area (Å²) >= 11 is 0. The molecule has 5 nitrogen and oxygen atoms in total. The summed E-state index contributed by atoms with van der Waals surface area (Å²) in [6, 6.07) is 5.30. The molecule has 0 aromatic heterocycles. The Morgan fingerprint density at radius 2 is 1.82 bits per heavy atom. The molecule has 1 saturated carbocycles. The van der Waals surface area contributed by atoms with E-state index in [1.165, 1.54) is 0 Å². The summed E-state index contributed by atoms with van der Waals surface area (Å²) in [6.07, 6.45) is -1.38. The van der Waals surface area contributed by atoms with Crippen molar-refractivity contribution in [2.24, 2.45) is 11.0 Å². The summed E-state index contributed by atoms with van der Waals surface area (Å²) in [5.41, 5.74) is -1.25. The molecule has 0 radical (unpaired) electrons. The van der Waals surface area contributed by atoms with Crippen LogP contribution in [-0.4, -0.2) is 40.2 Å². The zero-order chi connectivity index (χ0) is 20.5. The maximum Gasteiger partial charge on any atom is 0.438 e. The first-order valence-corrected chi connectivity index (χ1v) is 9.51. The highest BCUT2D eigenvalue weighted by Gasteiger charge is 2.63. The zero-order valence-electron chi connectivity index (χ0n) is 16.1. The van der Waals surface area contributed by atoms with Crippen molar-refractivity contribution in [3.63, 3.8) is 0 Å². The van der Waals surface area contributed by atoms with Gasteiger partial charge in [-0.1, -0.05) is 25.3 Å². The molecule has 0 spiro atoms. The van der Waals surface area contributed by atoms with Crippen LogP contribution in [0.2, 0.25) is 0 Å². The van der Waals surface area contributed by atoms with Gasteiger partial charge in [-0.05, 0) is 55.9 Å². The average molecular weight is 398 g/mol. The van der Waals surface area contributed by atoms with Gasteiger partial charge in [0.2, 0.25) is 0 Å². The van der Waals surface area contributed by atoms with Gasteiger partial charge < -0.3 is 9.84 Å². The van der Waals surface area contributed by atoms with Crippen LogP contribution >= 0.6 is 0 Å². The molecule has 0 unspecified atom stereocenters. The molecule has 1 aromatic carbocycles. The highest BCUT2D eigenvalue weighted by molar-refractivity contribution is 5.92. The van der Waals surface area contributed by atoms with Crippen LogP contribution in [0.4, 0.5) is 13.2 Å². The number of carbonyl (C=O) groups is 1. The maximum absolute atomic E-state index is 13.6. The lowest BCUT2D eigenvalue weighted by atomic mass is 9.83. The SMILES string of the molecule is Cc1cc(C)cc(OCC(=O)N2N=C(C3CCCCC3)C[C@]2(O)C(F)(F)F)c1. The summed E-state index contributed by atoms with van der Waals surface area (Å²) in [6.45, 7) is 3.07. The molecular weight excluding hydrogens is 373 g/mol. The molecule has 1 heterocycles. The number of ether oxygens (including phenoxy) is 1. The van der Waals surface area contributed by atoms with E-state index in [-0.39, 0.29) is 16.6 Å². The molecule has 1 aliphatic carbocycles. The molecule has 3 rings (SSSR count). The predicted octanol–water partition coefficient (Wildman–Crippen LogP) is 4.10. The number of nitrogens with zero attached hydrogens (tertiary/aromatic N) is 2. The first-order valence-electron chi connectivity index (χ1n) is 9.51. The third kappa shape index (κ3) is 4.16. The Morgan fingerprint density at radius 3 is 2.39 bits per heavy atom. The highest BCUT2D eigenvalue weighted by Crippen LogP contribution is 2.43. The predicted molar refractivity (Wildman–Crippen MR) is 97.9 cm³/mol. The quantitative estimate of drug-likeness (QED) is 0.831. The number of benzene rings is 1. The van der Waals surface area contributed by atoms with Crippen LogP contribution < -0.4 is 4.74 Å². The van der Waals surface area contributed by atoms with Crippen molar-refractivity contribution in [1.29, 1.82) is 0 Å². The van der Waals surface area contributed by atoms with E-state index in [0.717, 1.165) is 43.2 Å². The normalized spacial score (nSPS) is 23.6. The largest absolute Gasteiger partial charge is 0.484 e.